The number of rotatable bonds is 8. The third kappa shape index (κ3) is 5.91. The molecule has 3 heterocycles. The summed E-state index contributed by atoms with van der Waals surface area (Å²) in [6.45, 7) is 5.51. The van der Waals surface area contributed by atoms with Gasteiger partial charge in [0.15, 0.2) is 0 Å². The van der Waals surface area contributed by atoms with Gasteiger partial charge in [0, 0.05) is 23.0 Å². The zero-order valence-corrected chi connectivity index (χ0v) is 22.9. The Morgan fingerprint density at radius 2 is 1.82 bits per heavy atom. The molecule has 3 amide bonds. The van der Waals surface area contributed by atoms with Crippen LogP contribution in [0.5, 0.6) is 0 Å². The molecule has 12 heteroatoms. The molecule has 0 aliphatic carbocycles. The predicted molar refractivity (Wildman–Crippen MR) is 151 cm³/mol. The Labute approximate surface area is 233 Å². The quantitative estimate of drug-likeness (QED) is 0.288. The molecule has 0 saturated carbocycles. The lowest BCUT2D eigenvalue weighted by Crippen LogP contribution is -2.50. The number of hydrogen-bond acceptors (Lipinski definition) is 8. The van der Waals surface area contributed by atoms with Crippen molar-refractivity contribution < 1.29 is 18.9 Å². The largest absolute Gasteiger partial charge is 0.351 e. The number of nitrogens with one attached hydrogen (secondary N) is 2. The van der Waals surface area contributed by atoms with E-state index in [1.165, 1.54) is 33.2 Å². The van der Waals surface area contributed by atoms with Crippen molar-refractivity contribution in [1.82, 2.24) is 25.5 Å². The maximum Gasteiger partial charge on any atom is 0.294 e. The molecular formula is C28H27N7O4S. The molecule has 0 fully saturated rings. The van der Waals surface area contributed by atoms with Crippen molar-refractivity contribution in [3.8, 4) is 0 Å². The number of aromatic nitrogens is 4. The fourth-order valence-corrected chi connectivity index (χ4v) is 4.87. The summed E-state index contributed by atoms with van der Waals surface area (Å²) in [6, 6.07) is 16.3. The summed E-state index contributed by atoms with van der Waals surface area (Å²) < 4.78 is 6.43. The standard InChI is InChI=1S/C28H27N7O4S/c1-28(2,3)31-27(38)25(18-13-15-40-17-18)35(24(36)16-34-22-7-5-4-6-21(22)32-33-34)20-10-8-19(9-11-20)30-26(37)23-12-14-29-39-23/h4-15,17,25H,16H2,1-3H3,(H,30,37)(H,31,38). The maximum absolute atomic E-state index is 14.1. The molecular weight excluding hydrogens is 530 g/mol. The van der Waals surface area contributed by atoms with Crippen LogP contribution < -0.4 is 15.5 Å². The van der Waals surface area contributed by atoms with Gasteiger partial charge in [-0.2, -0.15) is 11.3 Å². The normalized spacial score (nSPS) is 12.2. The predicted octanol–water partition coefficient (Wildman–Crippen LogP) is 4.42. The highest BCUT2D eigenvalue weighted by Crippen LogP contribution is 2.31. The second kappa shape index (κ2) is 11.1. The average molecular weight is 558 g/mol. The van der Waals surface area contributed by atoms with Crippen LogP contribution in [0.3, 0.4) is 0 Å². The van der Waals surface area contributed by atoms with Gasteiger partial charge >= 0.3 is 0 Å². The Morgan fingerprint density at radius 1 is 1.05 bits per heavy atom. The van der Waals surface area contributed by atoms with Crippen LogP contribution in [0.25, 0.3) is 11.0 Å². The second-order valence-corrected chi connectivity index (χ2v) is 10.9. The van der Waals surface area contributed by atoms with Gasteiger partial charge in [-0.05, 0) is 79.6 Å². The zero-order chi connectivity index (χ0) is 28.3. The van der Waals surface area contributed by atoms with Gasteiger partial charge in [0.05, 0.1) is 11.7 Å². The molecule has 0 bridgehead atoms. The topological polar surface area (TPSA) is 135 Å². The third-order valence-corrected chi connectivity index (χ3v) is 6.60. The minimum atomic E-state index is -0.956. The molecule has 3 aromatic heterocycles. The van der Waals surface area contributed by atoms with E-state index in [4.69, 9.17) is 4.52 Å². The van der Waals surface area contributed by atoms with Crippen LogP contribution in [0.1, 0.15) is 42.9 Å². The Bertz CT molecular complexity index is 1620. The van der Waals surface area contributed by atoms with E-state index in [2.05, 4.69) is 26.1 Å². The van der Waals surface area contributed by atoms with Crippen LogP contribution in [0.4, 0.5) is 11.4 Å². The SMILES string of the molecule is CC(C)(C)NC(=O)C(c1ccsc1)N(C(=O)Cn1nnc2ccccc21)c1ccc(NC(=O)c2ccno2)cc1. The highest BCUT2D eigenvalue weighted by atomic mass is 32.1. The number of para-hydroxylation sites is 1. The van der Waals surface area contributed by atoms with E-state index in [-0.39, 0.29) is 24.1 Å². The van der Waals surface area contributed by atoms with Crippen molar-refractivity contribution in [2.75, 3.05) is 10.2 Å². The summed E-state index contributed by atoms with van der Waals surface area (Å²) in [5.41, 5.74) is 2.45. The lowest BCUT2D eigenvalue weighted by atomic mass is 10.0. The second-order valence-electron chi connectivity index (χ2n) is 10.1. The van der Waals surface area contributed by atoms with Crippen molar-refractivity contribution in [2.24, 2.45) is 0 Å². The molecule has 2 aromatic carbocycles. The molecule has 5 aromatic rings. The van der Waals surface area contributed by atoms with Crippen molar-refractivity contribution in [1.29, 1.82) is 0 Å². The van der Waals surface area contributed by atoms with Gasteiger partial charge in [-0.15, -0.1) is 5.10 Å². The maximum atomic E-state index is 14.1. The van der Waals surface area contributed by atoms with Crippen LogP contribution in [-0.4, -0.2) is 43.4 Å². The molecule has 0 aliphatic rings. The lowest BCUT2D eigenvalue weighted by Gasteiger charge is -2.33. The number of anilines is 2. The van der Waals surface area contributed by atoms with Crippen molar-refractivity contribution in [3.05, 3.63) is 88.9 Å². The van der Waals surface area contributed by atoms with Crippen LogP contribution >= 0.6 is 11.3 Å². The lowest BCUT2D eigenvalue weighted by molar-refractivity contribution is -0.128. The molecule has 1 atom stereocenters. The molecule has 11 nitrogen and oxygen atoms in total. The Morgan fingerprint density at radius 3 is 2.50 bits per heavy atom. The van der Waals surface area contributed by atoms with E-state index in [1.807, 2.05) is 61.9 Å². The number of amides is 3. The van der Waals surface area contributed by atoms with Crippen LogP contribution in [0.15, 0.2) is 82.1 Å². The molecule has 0 radical (unpaired) electrons. The van der Waals surface area contributed by atoms with Gasteiger partial charge in [0.1, 0.15) is 18.1 Å². The number of carbonyl (C=O) groups excluding carboxylic acids is 3. The van der Waals surface area contributed by atoms with Gasteiger partial charge in [-0.1, -0.05) is 22.5 Å². The summed E-state index contributed by atoms with van der Waals surface area (Å²) in [5.74, 6) is -1.09. The first-order valence-corrected chi connectivity index (χ1v) is 13.4. The van der Waals surface area contributed by atoms with Crippen LogP contribution in [0.2, 0.25) is 0 Å². The monoisotopic (exact) mass is 557 g/mol. The van der Waals surface area contributed by atoms with E-state index in [9.17, 15) is 14.4 Å². The molecule has 204 valence electrons. The fraction of sp³-hybridized carbons (Fsp3) is 0.214. The van der Waals surface area contributed by atoms with Crippen molar-refractivity contribution in [2.45, 2.75) is 38.9 Å². The van der Waals surface area contributed by atoms with Gasteiger partial charge in [-0.3, -0.25) is 19.3 Å². The molecule has 1 unspecified atom stereocenters. The third-order valence-electron chi connectivity index (χ3n) is 5.90. The summed E-state index contributed by atoms with van der Waals surface area (Å²) in [5, 5.41) is 21.3. The van der Waals surface area contributed by atoms with Gasteiger partial charge in [0.2, 0.25) is 17.6 Å². The minimum Gasteiger partial charge on any atom is -0.351 e. The first-order valence-electron chi connectivity index (χ1n) is 12.5. The molecule has 2 N–H and O–H groups in total. The average Bonchev–Trinajstić information content (AvgIpc) is 3.70. The number of carbonyl (C=O) groups is 3. The van der Waals surface area contributed by atoms with Crippen LogP contribution in [0, 0.1) is 0 Å². The summed E-state index contributed by atoms with van der Waals surface area (Å²) in [4.78, 5) is 41.6. The smallest absolute Gasteiger partial charge is 0.294 e. The van der Waals surface area contributed by atoms with Gasteiger partial charge < -0.3 is 15.2 Å². The van der Waals surface area contributed by atoms with Gasteiger partial charge in [0.25, 0.3) is 5.91 Å². The number of hydrogen-bond donors (Lipinski definition) is 2. The Balaban J connectivity index is 1.51. The Hall–Kier alpha value is -4.84. The van der Waals surface area contributed by atoms with E-state index in [1.54, 1.807) is 24.3 Å². The summed E-state index contributed by atoms with van der Waals surface area (Å²) >= 11 is 1.44. The zero-order valence-electron chi connectivity index (χ0n) is 22.1. The van der Waals surface area contributed by atoms with Crippen molar-refractivity contribution in [3.63, 3.8) is 0 Å². The number of thiophene rings is 1. The highest BCUT2D eigenvalue weighted by molar-refractivity contribution is 7.08. The number of fused-ring (bicyclic) bond motifs is 1. The first kappa shape index (κ1) is 26.8. The van der Waals surface area contributed by atoms with E-state index < -0.39 is 17.5 Å². The Kier molecular flexibility index (Phi) is 7.43. The van der Waals surface area contributed by atoms with E-state index >= 15 is 0 Å². The molecule has 0 aliphatic heterocycles. The summed E-state index contributed by atoms with van der Waals surface area (Å²) in [7, 11) is 0. The fourth-order valence-electron chi connectivity index (χ4n) is 4.19. The minimum absolute atomic E-state index is 0.0670. The number of nitrogens with zero attached hydrogens (tertiary/aromatic N) is 5. The molecule has 40 heavy (non-hydrogen) atoms. The highest BCUT2D eigenvalue weighted by Gasteiger charge is 2.35. The molecule has 0 spiro atoms. The number of benzene rings is 2. The first-order chi connectivity index (χ1) is 19.2. The molecule has 5 rings (SSSR count). The van der Waals surface area contributed by atoms with Crippen molar-refractivity contribution >= 4 is 51.5 Å². The molecule has 0 saturated heterocycles. The van der Waals surface area contributed by atoms with Crippen LogP contribution in [-0.2, 0) is 16.1 Å². The summed E-state index contributed by atoms with van der Waals surface area (Å²) in [6.07, 6.45) is 1.38. The van der Waals surface area contributed by atoms with Gasteiger partial charge in [-0.25, -0.2) is 4.68 Å². The van der Waals surface area contributed by atoms with E-state index in [0.29, 0.717) is 28.0 Å². The van der Waals surface area contributed by atoms with E-state index in [0.717, 1.165) is 0 Å².